The summed E-state index contributed by atoms with van der Waals surface area (Å²) in [5.41, 5.74) is 0.618. The monoisotopic (exact) mass is 357 g/mol. The number of amides is 1. The van der Waals surface area contributed by atoms with Gasteiger partial charge in [-0.15, -0.1) is 0 Å². The van der Waals surface area contributed by atoms with Crippen molar-refractivity contribution in [1.82, 2.24) is 15.5 Å². The van der Waals surface area contributed by atoms with Gasteiger partial charge in [0.2, 0.25) is 11.7 Å². The van der Waals surface area contributed by atoms with Crippen molar-refractivity contribution >= 4 is 5.91 Å². The minimum absolute atomic E-state index is 0.0578. The van der Waals surface area contributed by atoms with E-state index in [1.165, 1.54) is 19.2 Å². The van der Waals surface area contributed by atoms with Crippen LogP contribution >= 0.6 is 0 Å². The van der Waals surface area contributed by atoms with Crippen LogP contribution in [0.25, 0.3) is 11.4 Å². The van der Waals surface area contributed by atoms with Crippen molar-refractivity contribution in [3.63, 3.8) is 0 Å². The van der Waals surface area contributed by atoms with E-state index in [4.69, 9.17) is 14.0 Å². The van der Waals surface area contributed by atoms with Crippen LogP contribution in [0.1, 0.15) is 5.89 Å². The first kappa shape index (κ1) is 17.4. The Morgan fingerprint density at radius 3 is 2.62 bits per heavy atom. The molecular formula is C18H16FN3O4. The molecule has 0 saturated heterocycles. The highest BCUT2D eigenvalue weighted by Gasteiger charge is 2.11. The Bertz CT molecular complexity index is 880. The van der Waals surface area contributed by atoms with Crippen LogP contribution in [0.2, 0.25) is 0 Å². The van der Waals surface area contributed by atoms with Crippen LogP contribution in [0.5, 0.6) is 11.5 Å². The van der Waals surface area contributed by atoms with Gasteiger partial charge < -0.3 is 19.3 Å². The molecule has 0 saturated carbocycles. The first-order valence-electron chi connectivity index (χ1n) is 7.77. The molecule has 1 aromatic heterocycles. The average Bonchev–Trinajstić information content (AvgIpc) is 3.14. The third kappa shape index (κ3) is 4.35. The van der Waals surface area contributed by atoms with E-state index >= 15 is 0 Å². The standard InChI is InChI=1S/C18H16FN3O4/c1-24-14-4-2-3-5-15(14)25-11-16(23)20-10-17-21-18(22-26-17)12-6-8-13(19)9-7-12/h2-9H,10-11H2,1H3,(H,20,23). The molecule has 134 valence electrons. The summed E-state index contributed by atoms with van der Waals surface area (Å²) in [5, 5.41) is 6.42. The van der Waals surface area contributed by atoms with E-state index < -0.39 is 0 Å². The minimum Gasteiger partial charge on any atom is -0.493 e. The first-order chi connectivity index (χ1) is 12.7. The predicted octanol–water partition coefficient (Wildman–Crippen LogP) is 2.58. The number of nitrogens with one attached hydrogen (secondary N) is 1. The highest BCUT2D eigenvalue weighted by molar-refractivity contribution is 5.77. The molecule has 0 unspecified atom stereocenters. The second-order valence-electron chi connectivity index (χ2n) is 5.23. The van der Waals surface area contributed by atoms with Gasteiger partial charge >= 0.3 is 0 Å². The third-order valence-electron chi connectivity index (χ3n) is 3.44. The average molecular weight is 357 g/mol. The lowest BCUT2D eigenvalue weighted by atomic mass is 10.2. The molecule has 0 fully saturated rings. The van der Waals surface area contributed by atoms with Crippen LogP contribution in [0.4, 0.5) is 4.39 Å². The first-order valence-corrected chi connectivity index (χ1v) is 7.77. The molecule has 8 heteroatoms. The summed E-state index contributed by atoms with van der Waals surface area (Å²) in [5.74, 6) is 0.870. The fraction of sp³-hybridized carbons (Fsp3) is 0.167. The molecule has 3 rings (SSSR count). The number of halogens is 1. The van der Waals surface area contributed by atoms with E-state index in [1.807, 2.05) is 0 Å². The van der Waals surface area contributed by atoms with Gasteiger partial charge in [0.25, 0.3) is 5.91 Å². The van der Waals surface area contributed by atoms with Crippen molar-refractivity contribution < 1.29 is 23.2 Å². The zero-order valence-electron chi connectivity index (χ0n) is 13.9. The molecule has 1 amide bonds. The summed E-state index contributed by atoms with van der Waals surface area (Å²) >= 11 is 0. The van der Waals surface area contributed by atoms with Crippen molar-refractivity contribution in [3.05, 3.63) is 60.2 Å². The van der Waals surface area contributed by atoms with Gasteiger partial charge in [-0.2, -0.15) is 4.98 Å². The highest BCUT2D eigenvalue weighted by atomic mass is 19.1. The maximum atomic E-state index is 12.9. The zero-order valence-corrected chi connectivity index (χ0v) is 13.9. The number of para-hydroxylation sites is 2. The van der Waals surface area contributed by atoms with E-state index in [-0.39, 0.29) is 30.8 Å². The van der Waals surface area contributed by atoms with Gasteiger partial charge in [-0.3, -0.25) is 4.79 Å². The Morgan fingerprint density at radius 1 is 1.15 bits per heavy atom. The van der Waals surface area contributed by atoms with Gasteiger partial charge in [0.05, 0.1) is 13.7 Å². The molecule has 0 aliphatic heterocycles. The summed E-state index contributed by atoms with van der Waals surface area (Å²) in [6.07, 6.45) is 0. The number of benzene rings is 2. The van der Waals surface area contributed by atoms with Crippen molar-refractivity contribution in [3.8, 4) is 22.9 Å². The van der Waals surface area contributed by atoms with Crippen LogP contribution < -0.4 is 14.8 Å². The Hall–Kier alpha value is -3.42. The molecule has 0 atom stereocenters. The molecule has 0 spiro atoms. The number of hydrogen-bond donors (Lipinski definition) is 1. The van der Waals surface area contributed by atoms with Crippen LogP contribution in [-0.2, 0) is 11.3 Å². The van der Waals surface area contributed by atoms with E-state index in [0.29, 0.717) is 22.9 Å². The molecule has 0 aliphatic carbocycles. The van der Waals surface area contributed by atoms with Crippen molar-refractivity contribution in [2.75, 3.05) is 13.7 Å². The van der Waals surface area contributed by atoms with Gasteiger partial charge in [0.15, 0.2) is 18.1 Å². The molecule has 0 aliphatic rings. The Morgan fingerprint density at radius 2 is 1.88 bits per heavy atom. The van der Waals surface area contributed by atoms with Crippen molar-refractivity contribution in [2.24, 2.45) is 0 Å². The lowest BCUT2D eigenvalue weighted by molar-refractivity contribution is -0.123. The van der Waals surface area contributed by atoms with Gasteiger partial charge in [0.1, 0.15) is 5.82 Å². The molecule has 1 N–H and O–H groups in total. The minimum atomic E-state index is -0.350. The maximum absolute atomic E-state index is 12.9. The molecule has 0 radical (unpaired) electrons. The molecule has 1 heterocycles. The Balaban J connectivity index is 1.51. The number of carbonyl (C=O) groups excluding carboxylic acids is 1. The number of nitrogens with zero attached hydrogens (tertiary/aromatic N) is 2. The van der Waals surface area contributed by atoms with Gasteiger partial charge in [0, 0.05) is 5.56 Å². The molecule has 0 bridgehead atoms. The SMILES string of the molecule is COc1ccccc1OCC(=O)NCc1nc(-c2ccc(F)cc2)no1. The van der Waals surface area contributed by atoms with Crippen LogP contribution in [0.3, 0.4) is 0 Å². The Kier molecular flexibility index (Phi) is 5.43. The highest BCUT2D eigenvalue weighted by Crippen LogP contribution is 2.25. The number of ether oxygens (including phenoxy) is 2. The number of hydrogen-bond acceptors (Lipinski definition) is 6. The normalized spacial score (nSPS) is 10.4. The fourth-order valence-electron chi connectivity index (χ4n) is 2.15. The van der Waals surface area contributed by atoms with Crippen molar-refractivity contribution in [1.29, 1.82) is 0 Å². The lowest BCUT2D eigenvalue weighted by Crippen LogP contribution is -2.28. The Labute approximate surface area is 148 Å². The van der Waals surface area contributed by atoms with E-state index in [1.54, 1.807) is 36.4 Å². The summed E-state index contributed by atoms with van der Waals surface area (Å²) in [7, 11) is 1.52. The van der Waals surface area contributed by atoms with Crippen molar-refractivity contribution in [2.45, 2.75) is 6.54 Å². The molecular weight excluding hydrogens is 341 g/mol. The topological polar surface area (TPSA) is 86.5 Å². The predicted molar refractivity (Wildman–Crippen MR) is 90.0 cm³/mol. The molecule has 26 heavy (non-hydrogen) atoms. The number of methoxy groups -OCH3 is 1. The van der Waals surface area contributed by atoms with Gasteiger partial charge in [-0.25, -0.2) is 4.39 Å². The largest absolute Gasteiger partial charge is 0.493 e. The second kappa shape index (κ2) is 8.11. The zero-order chi connectivity index (χ0) is 18.4. The van der Waals surface area contributed by atoms with Crippen LogP contribution in [0.15, 0.2) is 53.1 Å². The number of aromatic nitrogens is 2. The summed E-state index contributed by atoms with van der Waals surface area (Å²) in [4.78, 5) is 16.0. The number of carbonyl (C=O) groups is 1. The van der Waals surface area contributed by atoms with Gasteiger partial charge in [-0.05, 0) is 36.4 Å². The third-order valence-corrected chi connectivity index (χ3v) is 3.44. The molecule has 7 nitrogen and oxygen atoms in total. The lowest BCUT2D eigenvalue weighted by Gasteiger charge is -2.09. The second-order valence-corrected chi connectivity index (χ2v) is 5.23. The smallest absolute Gasteiger partial charge is 0.258 e. The summed E-state index contributed by atoms with van der Waals surface area (Å²) < 4.78 is 28.6. The van der Waals surface area contributed by atoms with Gasteiger partial charge in [-0.1, -0.05) is 17.3 Å². The summed E-state index contributed by atoms with van der Waals surface area (Å²) in [6, 6.07) is 12.7. The van der Waals surface area contributed by atoms with E-state index in [9.17, 15) is 9.18 Å². The summed E-state index contributed by atoms with van der Waals surface area (Å²) in [6.45, 7) is -0.123. The van der Waals surface area contributed by atoms with Crippen LogP contribution in [0, 0.1) is 5.82 Å². The fourth-order valence-corrected chi connectivity index (χ4v) is 2.15. The number of rotatable bonds is 7. The molecule has 3 aromatic rings. The van der Waals surface area contributed by atoms with E-state index in [0.717, 1.165) is 0 Å². The maximum Gasteiger partial charge on any atom is 0.258 e. The van der Waals surface area contributed by atoms with Crippen LogP contribution in [-0.4, -0.2) is 29.8 Å². The quantitative estimate of drug-likeness (QED) is 0.699. The molecule has 2 aromatic carbocycles. The van der Waals surface area contributed by atoms with E-state index in [2.05, 4.69) is 15.5 Å².